The lowest BCUT2D eigenvalue weighted by Crippen LogP contribution is -2.23. The van der Waals surface area contributed by atoms with Gasteiger partial charge in [0.1, 0.15) is 0 Å². The smallest absolute Gasteiger partial charge is 0.163 e. The molecule has 0 spiro atoms. The molecule has 0 saturated heterocycles. The minimum absolute atomic E-state index is 0.150. The number of nitrogens with one attached hydrogen (secondary N) is 2. The number of rotatable bonds is 1. The zero-order valence-electron chi connectivity index (χ0n) is 13.4. The van der Waals surface area contributed by atoms with E-state index in [9.17, 15) is 4.79 Å². The summed E-state index contributed by atoms with van der Waals surface area (Å²) in [7, 11) is 1.93. The predicted octanol–water partition coefficient (Wildman–Crippen LogP) is 3.31. The summed E-state index contributed by atoms with van der Waals surface area (Å²) in [6.45, 7) is 2.04. The number of carbonyl (C=O) groups excluding carboxylic acids is 1. The number of carbonyl (C=O) groups is 1. The molecule has 0 radical (unpaired) electrons. The van der Waals surface area contributed by atoms with Crippen LogP contribution in [-0.4, -0.2) is 15.6 Å². The number of anilines is 2. The molecule has 1 unspecified atom stereocenters. The molecule has 1 aliphatic heterocycles. The molecule has 0 bridgehead atoms. The number of nitrogens with zero attached hydrogens (tertiary/aromatic N) is 2. The van der Waals surface area contributed by atoms with Gasteiger partial charge in [-0.1, -0.05) is 12.1 Å². The zero-order valence-corrected chi connectivity index (χ0v) is 13.4. The number of hydrogen-bond donors (Lipinski definition) is 2. The number of ketones is 1. The van der Waals surface area contributed by atoms with Crippen LogP contribution >= 0.6 is 0 Å². The van der Waals surface area contributed by atoms with E-state index in [2.05, 4.69) is 15.7 Å². The molecule has 1 aromatic carbocycles. The molecule has 1 atom stereocenters. The Morgan fingerprint density at radius 3 is 2.74 bits per heavy atom. The Morgan fingerprint density at radius 2 is 2.00 bits per heavy atom. The van der Waals surface area contributed by atoms with Gasteiger partial charge in [0, 0.05) is 36.0 Å². The molecule has 2 N–H and O–H groups in total. The van der Waals surface area contributed by atoms with Crippen molar-refractivity contribution in [3.63, 3.8) is 0 Å². The highest BCUT2D eigenvalue weighted by Crippen LogP contribution is 2.40. The quantitative estimate of drug-likeness (QED) is 0.848. The van der Waals surface area contributed by atoms with Gasteiger partial charge in [-0.2, -0.15) is 5.10 Å². The molecule has 0 saturated carbocycles. The second kappa shape index (κ2) is 5.26. The Labute approximate surface area is 135 Å². The van der Waals surface area contributed by atoms with Crippen molar-refractivity contribution in [3.05, 3.63) is 53.0 Å². The first-order valence-electron chi connectivity index (χ1n) is 8.02. The molecule has 0 fully saturated rings. The van der Waals surface area contributed by atoms with E-state index in [0.717, 1.165) is 46.7 Å². The summed E-state index contributed by atoms with van der Waals surface area (Å²) >= 11 is 0. The Morgan fingerprint density at radius 1 is 1.22 bits per heavy atom. The first-order chi connectivity index (χ1) is 11.1. The second-order valence-corrected chi connectivity index (χ2v) is 6.23. The van der Waals surface area contributed by atoms with E-state index in [-0.39, 0.29) is 11.8 Å². The third kappa shape index (κ3) is 2.23. The van der Waals surface area contributed by atoms with Gasteiger partial charge in [0.2, 0.25) is 0 Å². The first-order valence-corrected chi connectivity index (χ1v) is 8.02. The van der Waals surface area contributed by atoms with Gasteiger partial charge in [0.25, 0.3) is 0 Å². The molecule has 23 heavy (non-hydrogen) atoms. The summed E-state index contributed by atoms with van der Waals surface area (Å²) in [6.07, 6.45) is 4.31. The van der Waals surface area contributed by atoms with Gasteiger partial charge in [0.05, 0.1) is 23.6 Å². The van der Waals surface area contributed by atoms with E-state index in [1.807, 2.05) is 49.1 Å². The summed E-state index contributed by atoms with van der Waals surface area (Å²) in [4.78, 5) is 12.7. The molecule has 5 nitrogen and oxygen atoms in total. The average Bonchev–Trinajstić information content (AvgIpc) is 2.78. The van der Waals surface area contributed by atoms with Crippen LogP contribution in [0.5, 0.6) is 0 Å². The fourth-order valence-corrected chi connectivity index (χ4v) is 3.47. The molecular weight excluding hydrogens is 288 g/mol. The van der Waals surface area contributed by atoms with E-state index in [0.29, 0.717) is 6.42 Å². The van der Waals surface area contributed by atoms with Crippen LogP contribution in [0.2, 0.25) is 0 Å². The van der Waals surface area contributed by atoms with Gasteiger partial charge < -0.3 is 10.6 Å². The number of para-hydroxylation sites is 2. The van der Waals surface area contributed by atoms with Gasteiger partial charge in [-0.05, 0) is 31.9 Å². The maximum atomic E-state index is 12.7. The monoisotopic (exact) mass is 308 g/mol. The number of allylic oxidation sites excluding steroid dienone is 1. The highest BCUT2D eigenvalue weighted by atomic mass is 16.1. The van der Waals surface area contributed by atoms with Gasteiger partial charge in [-0.3, -0.25) is 9.48 Å². The van der Waals surface area contributed by atoms with Crippen molar-refractivity contribution in [2.24, 2.45) is 7.05 Å². The fourth-order valence-electron chi connectivity index (χ4n) is 3.47. The highest BCUT2D eigenvalue weighted by Gasteiger charge is 2.33. The number of Topliss-reactive ketones (excluding diaryl/α,β-unsaturated/α-hetero) is 1. The van der Waals surface area contributed by atoms with Crippen LogP contribution in [-0.2, 0) is 11.8 Å². The molecule has 118 valence electrons. The number of aryl methyl sites for hydroxylation is 1. The molecule has 1 aromatic heterocycles. The molecule has 4 rings (SSSR count). The van der Waals surface area contributed by atoms with Gasteiger partial charge in [-0.15, -0.1) is 0 Å². The molecule has 0 amide bonds. The first kappa shape index (κ1) is 14.1. The van der Waals surface area contributed by atoms with Crippen molar-refractivity contribution in [1.29, 1.82) is 0 Å². The van der Waals surface area contributed by atoms with Gasteiger partial charge >= 0.3 is 0 Å². The van der Waals surface area contributed by atoms with E-state index in [1.54, 1.807) is 0 Å². The third-order valence-corrected chi connectivity index (χ3v) is 4.84. The summed E-state index contributed by atoms with van der Waals surface area (Å²) < 4.78 is 1.86. The molecule has 2 heterocycles. The number of benzene rings is 1. The van der Waals surface area contributed by atoms with E-state index < -0.39 is 0 Å². The summed E-state index contributed by atoms with van der Waals surface area (Å²) in [6, 6.07) is 7.96. The van der Waals surface area contributed by atoms with E-state index in [1.165, 1.54) is 0 Å². The van der Waals surface area contributed by atoms with Crippen LogP contribution in [0.15, 0.2) is 41.7 Å². The van der Waals surface area contributed by atoms with Crippen LogP contribution in [0.25, 0.3) is 0 Å². The number of aromatic nitrogens is 2. The second-order valence-electron chi connectivity index (χ2n) is 6.23. The lowest BCUT2D eigenvalue weighted by Gasteiger charge is -2.25. The summed E-state index contributed by atoms with van der Waals surface area (Å²) in [5.41, 5.74) is 6.10. The lowest BCUT2D eigenvalue weighted by molar-refractivity contribution is -0.116. The topological polar surface area (TPSA) is 58.9 Å². The maximum Gasteiger partial charge on any atom is 0.163 e. The zero-order chi connectivity index (χ0) is 16.0. The Kier molecular flexibility index (Phi) is 3.22. The largest absolute Gasteiger partial charge is 0.372 e. The standard InChI is InChI=1S/C18H20N4O/c1-11-12(10-19-22(11)2)18-17-15(8-5-9-16(17)23)20-13-6-3-4-7-14(13)21-18/h3-4,6-7,10,18,20-21H,5,8-9H2,1-2H3. The Balaban J connectivity index is 1.90. The minimum Gasteiger partial charge on any atom is -0.372 e. The SMILES string of the molecule is Cc1c(C2Nc3ccccc3NC3=C2C(=O)CCC3)cnn1C. The van der Waals surface area contributed by atoms with Gasteiger partial charge in [-0.25, -0.2) is 0 Å². The van der Waals surface area contributed by atoms with E-state index >= 15 is 0 Å². The Bertz CT molecular complexity index is 818. The van der Waals surface area contributed by atoms with Crippen molar-refractivity contribution < 1.29 is 4.79 Å². The minimum atomic E-state index is -0.150. The normalized spacial score (nSPS) is 20.3. The number of fused-ring (bicyclic) bond motifs is 1. The van der Waals surface area contributed by atoms with Crippen LogP contribution < -0.4 is 10.6 Å². The van der Waals surface area contributed by atoms with Crippen LogP contribution in [0.1, 0.15) is 36.6 Å². The molecule has 1 aliphatic carbocycles. The van der Waals surface area contributed by atoms with E-state index in [4.69, 9.17) is 0 Å². The van der Waals surface area contributed by atoms with Crippen molar-refractivity contribution >= 4 is 17.2 Å². The molecular formula is C18H20N4O. The average molecular weight is 308 g/mol. The third-order valence-electron chi connectivity index (χ3n) is 4.84. The summed E-state index contributed by atoms with van der Waals surface area (Å²) in [5.74, 6) is 0.229. The highest BCUT2D eigenvalue weighted by molar-refractivity contribution is 6.00. The molecule has 2 aliphatic rings. The summed E-state index contributed by atoms with van der Waals surface area (Å²) in [5, 5.41) is 11.4. The van der Waals surface area contributed by atoms with Gasteiger partial charge in [0.15, 0.2) is 5.78 Å². The Hall–Kier alpha value is -2.56. The maximum absolute atomic E-state index is 12.7. The molecule has 5 heteroatoms. The molecule has 2 aromatic rings. The van der Waals surface area contributed by atoms with Crippen molar-refractivity contribution in [1.82, 2.24) is 9.78 Å². The van der Waals surface area contributed by atoms with Crippen molar-refractivity contribution in [2.45, 2.75) is 32.2 Å². The van der Waals surface area contributed by atoms with Crippen LogP contribution in [0.3, 0.4) is 0 Å². The van der Waals surface area contributed by atoms with Crippen LogP contribution in [0, 0.1) is 6.92 Å². The number of hydrogen-bond acceptors (Lipinski definition) is 4. The van der Waals surface area contributed by atoms with Crippen molar-refractivity contribution in [3.8, 4) is 0 Å². The fraction of sp³-hybridized carbons (Fsp3) is 0.333. The lowest BCUT2D eigenvalue weighted by atomic mass is 9.87. The van der Waals surface area contributed by atoms with Crippen LogP contribution in [0.4, 0.5) is 11.4 Å². The predicted molar refractivity (Wildman–Crippen MR) is 90.3 cm³/mol. The van der Waals surface area contributed by atoms with Crippen molar-refractivity contribution in [2.75, 3.05) is 10.6 Å².